The summed E-state index contributed by atoms with van der Waals surface area (Å²) in [6.07, 6.45) is 0. The maximum Gasteiger partial charge on any atom is 0.0995 e. The number of nitrogens with one attached hydrogen (secondary N) is 1. The summed E-state index contributed by atoms with van der Waals surface area (Å²) >= 11 is 0. The van der Waals surface area contributed by atoms with Gasteiger partial charge in [-0.05, 0) is 11.6 Å². The quantitative estimate of drug-likeness (QED) is 0.873. The molecule has 1 heterocycles. The van der Waals surface area contributed by atoms with Crippen LogP contribution in [0.5, 0.6) is 0 Å². The second-order valence-corrected chi connectivity index (χ2v) is 6.03. The Morgan fingerprint density at radius 1 is 1.35 bits per heavy atom. The predicted octanol–water partition coefficient (Wildman–Crippen LogP) is 1.52. The molecule has 1 fully saturated rings. The van der Waals surface area contributed by atoms with Gasteiger partial charge in [0.2, 0.25) is 0 Å². The molecule has 0 aliphatic carbocycles. The normalized spacial score (nSPS) is 18.5. The minimum absolute atomic E-state index is 0.0606. The van der Waals surface area contributed by atoms with Crippen molar-refractivity contribution in [1.29, 1.82) is 5.26 Å². The third-order valence-electron chi connectivity index (χ3n) is 4.04. The van der Waals surface area contributed by atoms with Gasteiger partial charge in [-0.1, -0.05) is 32.0 Å². The van der Waals surface area contributed by atoms with Crippen LogP contribution in [0.15, 0.2) is 24.3 Å². The van der Waals surface area contributed by atoms with Gasteiger partial charge >= 0.3 is 0 Å². The Hall–Kier alpha value is -1.41. The molecule has 0 saturated carbocycles. The second-order valence-electron chi connectivity index (χ2n) is 6.03. The smallest absolute Gasteiger partial charge is 0.0995 e. The summed E-state index contributed by atoms with van der Waals surface area (Å²) in [7, 11) is 0. The lowest BCUT2D eigenvalue weighted by Crippen LogP contribution is -2.49. The summed E-state index contributed by atoms with van der Waals surface area (Å²) in [5.74, 6) is 0. The standard InChI is InChI=1S/C16H23N3O/c1-16(2,12-20)15(19-9-7-18-8-10-19)14-6-4-3-5-13(14)11-17/h3-6,15,18,20H,7-10,12H2,1-2H3/t15-/m0/s1. The van der Waals surface area contributed by atoms with Crippen LogP contribution in [0, 0.1) is 16.7 Å². The number of hydrogen-bond donors (Lipinski definition) is 2. The molecular formula is C16H23N3O. The molecule has 1 atom stereocenters. The van der Waals surface area contributed by atoms with Gasteiger partial charge in [0.25, 0.3) is 0 Å². The van der Waals surface area contributed by atoms with Gasteiger partial charge in [0, 0.05) is 44.2 Å². The maximum atomic E-state index is 9.79. The monoisotopic (exact) mass is 273 g/mol. The van der Waals surface area contributed by atoms with Crippen LogP contribution in [0.1, 0.15) is 31.0 Å². The van der Waals surface area contributed by atoms with Crippen molar-refractivity contribution in [2.45, 2.75) is 19.9 Å². The highest BCUT2D eigenvalue weighted by Crippen LogP contribution is 2.39. The summed E-state index contributed by atoms with van der Waals surface area (Å²) < 4.78 is 0. The van der Waals surface area contributed by atoms with E-state index < -0.39 is 0 Å². The van der Waals surface area contributed by atoms with Crippen molar-refractivity contribution in [3.05, 3.63) is 35.4 Å². The maximum absolute atomic E-state index is 9.79. The predicted molar refractivity (Wildman–Crippen MR) is 79.2 cm³/mol. The number of rotatable bonds is 4. The first-order valence-electron chi connectivity index (χ1n) is 7.15. The van der Waals surface area contributed by atoms with Crippen molar-refractivity contribution in [2.24, 2.45) is 5.41 Å². The molecule has 1 aliphatic rings. The zero-order chi connectivity index (χ0) is 14.6. The highest BCUT2D eigenvalue weighted by atomic mass is 16.3. The Morgan fingerprint density at radius 2 is 2.00 bits per heavy atom. The molecule has 1 saturated heterocycles. The topological polar surface area (TPSA) is 59.3 Å². The van der Waals surface area contributed by atoms with Gasteiger partial charge in [-0.2, -0.15) is 5.26 Å². The van der Waals surface area contributed by atoms with Crippen molar-refractivity contribution >= 4 is 0 Å². The number of nitriles is 1. The number of piperazine rings is 1. The number of aliphatic hydroxyl groups excluding tert-OH is 1. The Bertz CT molecular complexity index is 487. The third-order valence-corrected chi connectivity index (χ3v) is 4.04. The summed E-state index contributed by atoms with van der Waals surface area (Å²) in [5.41, 5.74) is 1.44. The Balaban J connectivity index is 2.43. The molecule has 4 nitrogen and oxygen atoms in total. The summed E-state index contributed by atoms with van der Waals surface area (Å²) in [5, 5.41) is 22.5. The van der Waals surface area contributed by atoms with E-state index in [0.717, 1.165) is 31.7 Å². The van der Waals surface area contributed by atoms with E-state index in [4.69, 9.17) is 0 Å². The fraction of sp³-hybridized carbons (Fsp3) is 0.562. The summed E-state index contributed by atoms with van der Waals surface area (Å²) in [4.78, 5) is 2.38. The summed E-state index contributed by atoms with van der Waals surface area (Å²) in [6.45, 7) is 8.00. The summed E-state index contributed by atoms with van der Waals surface area (Å²) in [6, 6.07) is 10.1. The molecule has 0 unspecified atom stereocenters. The average molecular weight is 273 g/mol. The first kappa shape index (κ1) is 15.0. The van der Waals surface area contributed by atoms with Gasteiger partial charge in [0.1, 0.15) is 0 Å². The van der Waals surface area contributed by atoms with E-state index in [2.05, 4.69) is 30.1 Å². The number of hydrogen-bond acceptors (Lipinski definition) is 4. The van der Waals surface area contributed by atoms with Crippen LogP contribution in [0.3, 0.4) is 0 Å². The lowest BCUT2D eigenvalue weighted by atomic mass is 9.78. The van der Waals surface area contributed by atoms with E-state index >= 15 is 0 Å². The van der Waals surface area contributed by atoms with Crippen molar-refractivity contribution in [1.82, 2.24) is 10.2 Å². The molecule has 1 aliphatic heterocycles. The van der Waals surface area contributed by atoms with Crippen LogP contribution in [-0.4, -0.2) is 42.8 Å². The van der Waals surface area contributed by atoms with E-state index in [1.165, 1.54) is 0 Å². The van der Waals surface area contributed by atoms with Gasteiger partial charge < -0.3 is 10.4 Å². The third kappa shape index (κ3) is 3.01. The fourth-order valence-corrected chi connectivity index (χ4v) is 2.98. The SMILES string of the molecule is CC(C)(CO)[C@H](c1ccccc1C#N)N1CCNCC1. The van der Waals surface area contributed by atoms with Crippen molar-refractivity contribution in [3.63, 3.8) is 0 Å². The molecule has 2 rings (SSSR count). The first-order chi connectivity index (χ1) is 9.60. The lowest BCUT2D eigenvalue weighted by molar-refractivity contribution is 0.0304. The molecule has 0 aromatic heterocycles. The van der Waals surface area contributed by atoms with E-state index in [1.54, 1.807) is 0 Å². The number of benzene rings is 1. The van der Waals surface area contributed by atoms with Crippen LogP contribution < -0.4 is 5.32 Å². The second kappa shape index (κ2) is 6.36. The first-order valence-corrected chi connectivity index (χ1v) is 7.15. The fourth-order valence-electron chi connectivity index (χ4n) is 2.98. The molecule has 0 spiro atoms. The van der Waals surface area contributed by atoms with E-state index in [9.17, 15) is 10.4 Å². The minimum atomic E-state index is -0.287. The van der Waals surface area contributed by atoms with Crippen LogP contribution >= 0.6 is 0 Å². The molecule has 1 aromatic rings. The van der Waals surface area contributed by atoms with Gasteiger partial charge in [-0.15, -0.1) is 0 Å². The van der Waals surface area contributed by atoms with E-state index in [-0.39, 0.29) is 18.1 Å². The number of aliphatic hydroxyl groups is 1. The Kier molecular flexibility index (Phi) is 4.77. The van der Waals surface area contributed by atoms with E-state index in [1.807, 2.05) is 24.3 Å². The molecule has 108 valence electrons. The van der Waals surface area contributed by atoms with Gasteiger partial charge in [0.05, 0.1) is 11.6 Å². The zero-order valence-electron chi connectivity index (χ0n) is 12.3. The molecule has 0 bridgehead atoms. The van der Waals surface area contributed by atoms with Crippen molar-refractivity contribution < 1.29 is 5.11 Å². The van der Waals surface area contributed by atoms with Gasteiger partial charge in [0.15, 0.2) is 0 Å². The average Bonchev–Trinajstić information content (AvgIpc) is 2.49. The molecule has 0 radical (unpaired) electrons. The molecule has 0 amide bonds. The minimum Gasteiger partial charge on any atom is -0.396 e. The van der Waals surface area contributed by atoms with Crippen LogP contribution in [0.4, 0.5) is 0 Å². The lowest BCUT2D eigenvalue weighted by Gasteiger charge is -2.43. The Morgan fingerprint density at radius 3 is 2.60 bits per heavy atom. The van der Waals surface area contributed by atoms with Gasteiger partial charge in [-0.3, -0.25) is 4.90 Å². The zero-order valence-corrected chi connectivity index (χ0v) is 12.3. The highest BCUT2D eigenvalue weighted by molar-refractivity contribution is 5.40. The van der Waals surface area contributed by atoms with Crippen LogP contribution in [0.25, 0.3) is 0 Å². The van der Waals surface area contributed by atoms with Crippen LogP contribution in [0.2, 0.25) is 0 Å². The van der Waals surface area contributed by atoms with E-state index in [0.29, 0.717) is 5.56 Å². The molecular weight excluding hydrogens is 250 g/mol. The molecule has 20 heavy (non-hydrogen) atoms. The van der Waals surface area contributed by atoms with Crippen molar-refractivity contribution in [3.8, 4) is 6.07 Å². The molecule has 4 heteroatoms. The molecule has 1 aromatic carbocycles. The number of nitrogens with zero attached hydrogens (tertiary/aromatic N) is 2. The van der Waals surface area contributed by atoms with Crippen LogP contribution in [-0.2, 0) is 0 Å². The molecule has 2 N–H and O–H groups in total. The largest absolute Gasteiger partial charge is 0.396 e. The highest BCUT2D eigenvalue weighted by Gasteiger charge is 2.36. The Labute approximate surface area is 121 Å². The van der Waals surface area contributed by atoms with Gasteiger partial charge in [-0.25, -0.2) is 0 Å². The van der Waals surface area contributed by atoms with Crippen molar-refractivity contribution in [2.75, 3.05) is 32.8 Å².